The average molecular weight is 426 g/mol. The SMILES string of the molecule is Cc1ccccc1-c1noc([C@@H]2CCCN2S(=O)(=O)c2ccc(CC(C)C)cc2)n1. The Balaban J connectivity index is 1.60. The molecule has 1 saturated heterocycles. The Hall–Kier alpha value is -2.51. The van der Waals surface area contributed by atoms with E-state index in [0.29, 0.717) is 35.5 Å². The van der Waals surface area contributed by atoms with Crippen molar-refractivity contribution in [2.75, 3.05) is 6.54 Å². The molecule has 6 nitrogen and oxygen atoms in total. The summed E-state index contributed by atoms with van der Waals surface area (Å²) < 4.78 is 33.7. The first kappa shape index (κ1) is 20.8. The molecule has 158 valence electrons. The van der Waals surface area contributed by atoms with Crippen molar-refractivity contribution in [3.8, 4) is 11.4 Å². The minimum absolute atomic E-state index is 0.306. The molecule has 0 aliphatic carbocycles. The second-order valence-electron chi connectivity index (χ2n) is 8.29. The number of rotatable bonds is 6. The fourth-order valence-electron chi connectivity index (χ4n) is 3.98. The number of aryl methyl sites for hydroxylation is 1. The van der Waals surface area contributed by atoms with Crippen molar-refractivity contribution in [2.24, 2.45) is 5.92 Å². The number of benzene rings is 2. The third-order valence-corrected chi connectivity index (χ3v) is 7.41. The zero-order valence-electron chi connectivity index (χ0n) is 17.6. The molecule has 2 heterocycles. The van der Waals surface area contributed by atoms with Gasteiger partial charge < -0.3 is 4.52 Å². The molecule has 0 amide bonds. The Labute approximate surface area is 178 Å². The van der Waals surface area contributed by atoms with E-state index >= 15 is 0 Å². The molecular formula is C23H27N3O3S. The predicted molar refractivity (Wildman–Crippen MR) is 115 cm³/mol. The smallest absolute Gasteiger partial charge is 0.245 e. The molecular weight excluding hydrogens is 398 g/mol. The van der Waals surface area contributed by atoms with Crippen molar-refractivity contribution >= 4 is 10.0 Å². The summed E-state index contributed by atoms with van der Waals surface area (Å²) in [6.45, 7) is 6.73. The lowest BCUT2D eigenvalue weighted by Crippen LogP contribution is -2.30. The summed E-state index contributed by atoms with van der Waals surface area (Å²) in [6.07, 6.45) is 2.35. The normalized spacial score (nSPS) is 17.7. The maximum atomic E-state index is 13.3. The maximum Gasteiger partial charge on any atom is 0.245 e. The highest BCUT2D eigenvalue weighted by molar-refractivity contribution is 7.89. The minimum Gasteiger partial charge on any atom is -0.337 e. The average Bonchev–Trinajstić information content (AvgIpc) is 3.38. The van der Waals surface area contributed by atoms with Crippen molar-refractivity contribution in [3.05, 3.63) is 65.5 Å². The van der Waals surface area contributed by atoms with E-state index in [2.05, 4.69) is 24.0 Å². The molecule has 0 spiro atoms. The van der Waals surface area contributed by atoms with E-state index in [-0.39, 0.29) is 0 Å². The van der Waals surface area contributed by atoms with Crippen molar-refractivity contribution in [2.45, 2.75) is 51.0 Å². The number of nitrogens with zero attached hydrogens (tertiary/aromatic N) is 3. The van der Waals surface area contributed by atoms with Crippen LogP contribution in [-0.4, -0.2) is 29.4 Å². The second-order valence-corrected chi connectivity index (χ2v) is 10.2. The van der Waals surface area contributed by atoms with Crippen LogP contribution in [0, 0.1) is 12.8 Å². The molecule has 2 aromatic carbocycles. The summed E-state index contributed by atoms with van der Waals surface area (Å²) in [7, 11) is -3.64. The van der Waals surface area contributed by atoms with Gasteiger partial charge in [0.2, 0.25) is 21.7 Å². The molecule has 0 saturated carbocycles. The highest BCUT2D eigenvalue weighted by Gasteiger charge is 2.39. The first-order chi connectivity index (χ1) is 14.4. The van der Waals surface area contributed by atoms with Crippen LogP contribution in [0.4, 0.5) is 0 Å². The Kier molecular flexibility index (Phi) is 5.75. The van der Waals surface area contributed by atoms with Gasteiger partial charge in [-0.05, 0) is 55.4 Å². The largest absolute Gasteiger partial charge is 0.337 e. The number of hydrogen-bond donors (Lipinski definition) is 0. The van der Waals surface area contributed by atoms with Gasteiger partial charge in [-0.1, -0.05) is 55.4 Å². The maximum absolute atomic E-state index is 13.3. The molecule has 1 aliphatic heterocycles. The summed E-state index contributed by atoms with van der Waals surface area (Å²) in [5.41, 5.74) is 3.07. The van der Waals surface area contributed by atoms with Crippen molar-refractivity contribution in [1.82, 2.24) is 14.4 Å². The highest BCUT2D eigenvalue weighted by Crippen LogP contribution is 2.36. The van der Waals surface area contributed by atoms with Gasteiger partial charge in [-0.25, -0.2) is 8.42 Å². The summed E-state index contributed by atoms with van der Waals surface area (Å²) >= 11 is 0. The minimum atomic E-state index is -3.64. The van der Waals surface area contributed by atoms with E-state index in [1.807, 2.05) is 43.3 Å². The molecule has 7 heteroatoms. The molecule has 0 radical (unpaired) electrons. The van der Waals surface area contributed by atoms with Gasteiger partial charge in [-0.3, -0.25) is 0 Å². The van der Waals surface area contributed by atoms with Crippen LogP contribution in [-0.2, 0) is 16.4 Å². The Bertz CT molecular complexity index is 1120. The van der Waals surface area contributed by atoms with Crippen molar-refractivity contribution in [3.63, 3.8) is 0 Å². The van der Waals surface area contributed by atoms with Crippen LogP contribution in [0.1, 0.15) is 49.7 Å². The molecule has 1 atom stereocenters. The van der Waals surface area contributed by atoms with Gasteiger partial charge >= 0.3 is 0 Å². The molecule has 4 rings (SSSR count). The summed E-state index contributed by atoms with van der Waals surface area (Å²) in [5.74, 6) is 1.37. The Morgan fingerprint density at radius 2 is 1.87 bits per heavy atom. The third-order valence-electron chi connectivity index (χ3n) is 5.49. The quantitative estimate of drug-likeness (QED) is 0.569. The van der Waals surface area contributed by atoms with Crippen LogP contribution in [0.25, 0.3) is 11.4 Å². The fraction of sp³-hybridized carbons (Fsp3) is 0.391. The lowest BCUT2D eigenvalue weighted by Gasteiger charge is -2.21. The van der Waals surface area contributed by atoms with Gasteiger partial charge in [0.15, 0.2) is 0 Å². The molecule has 1 aliphatic rings. The van der Waals surface area contributed by atoms with E-state index in [0.717, 1.165) is 29.5 Å². The Morgan fingerprint density at radius 3 is 2.57 bits per heavy atom. The van der Waals surface area contributed by atoms with E-state index in [4.69, 9.17) is 4.52 Å². The topological polar surface area (TPSA) is 76.3 Å². The Morgan fingerprint density at radius 1 is 1.13 bits per heavy atom. The number of hydrogen-bond acceptors (Lipinski definition) is 5. The standard InChI is InChI=1S/C23H27N3O3S/c1-16(2)15-18-10-12-19(13-11-18)30(27,28)26-14-6-9-21(26)23-24-22(25-29-23)20-8-5-4-7-17(20)3/h4-5,7-8,10-13,16,21H,6,9,14-15H2,1-3H3/t21-/m0/s1. The van der Waals surface area contributed by atoms with Gasteiger partial charge in [-0.2, -0.15) is 9.29 Å². The van der Waals surface area contributed by atoms with E-state index < -0.39 is 16.1 Å². The molecule has 0 unspecified atom stereocenters. The van der Waals surface area contributed by atoms with Gasteiger partial charge in [-0.15, -0.1) is 0 Å². The van der Waals surface area contributed by atoms with Crippen LogP contribution < -0.4 is 0 Å². The van der Waals surface area contributed by atoms with E-state index in [1.54, 1.807) is 12.1 Å². The van der Waals surface area contributed by atoms with Crippen LogP contribution in [0.3, 0.4) is 0 Å². The third kappa shape index (κ3) is 4.04. The predicted octanol–water partition coefficient (Wildman–Crippen LogP) is 4.77. The molecule has 1 fully saturated rings. The molecule has 0 N–H and O–H groups in total. The molecule has 3 aromatic rings. The summed E-state index contributed by atoms with van der Waals surface area (Å²) in [5, 5.41) is 4.11. The number of sulfonamides is 1. The molecule has 30 heavy (non-hydrogen) atoms. The van der Waals surface area contributed by atoms with E-state index in [1.165, 1.54) is 4.31 Å². The number of aromatic nitrogens is 2. The second kappa shape index (κ2) is 8.32. The molecule has 1 aromatic heterocycles. The lowest BCUT2D eigenvalue weighted by atomic mass is 10.0. The van der Waals surface area contributed by atoms with Crippen LogP contribution >= 0.6 is 0 Å². The highest BCUT2D eigenvalue weighted by atomic mass is 32.2. The first-order valence-corrected chi connectivity index (χ1v) is 11.8. The van der Waals surface area contributed by atoms with Crippen molar-refractivity contribution in [1.29, 1.82) is 0 Å². The van der Waals surface area contributed by atoms with Gasteiger partial charge in [0.25, 0.3) is 0 Å². The summed E-state index contributed by atoms with van der Waals surface area (Å²) in [4.78, 5) is 4.85. The zero-order valence-corrected chi connectivity index (χ0v) is 18.4. The lowest BCUT2D eigenvalue weighted by molar-refractivity contribution is 0.290. The van der Waals surface area contributed by atoms with Gasteiger partial charge in [0.05, 0.1) is 4.90 Å². The summed E-state index contributed by atoms with van der Waals surface area (Å²) in [6, 6.07) is 14.6. The first-order valence-electron chi connectivity index (χ1n) is 10.4. The van der Waals surface area contributed by atoms with Crippen LogP contribution in [0.15, 0.2) is 57.9 Å². The fourth-order valence-corrected chi connectivity index (χ4v) is 5.63. The van der Waals surface area contributed by atoms with Crippen LogP contribution in [0.2, 0.25) is 0 Å². The monoisotopic (exact) mass is 425 g/mol. The van der Waals surface area contributed by atoms with Gasteiger partial charge in [0.1, 0.15) is 6.04 Å². The molecule has 0 bridgehead atoms. The van der Waals surface area contributed by atoms with Crippen molar-refractivity contribution < 1.29 is 12.9 Å². The van der Waals surface area contributed by atoms with Gasteiger partial charge in [0, 0.05) is 12.1 Å². The van der Waals surface area contributed by atoms with Crippen LogP contribution in [0.5, 0.6) is 0 Å². The zero-order chi connectivity index (χ0) is 21.3. The van der Waals surface area contributed by atoms with E-state index in [9.17, 15) is 8.42 Å².